The highest BCUT2D eigenvalue weighted by Gasteiger charge is 2.39. The summed E-state index contributed by atoms with van der Waals surface area (Å²) in [5.74, 6) is -3.68. The number of carboxylic acid groups (broad SMARTS) is 1. The molecule has 2 N–H and O–H groups in total. The Morgan fingerprint density at radius 3 is 2.64 bits per heavy atom. The van der Waals surface area contributed by atoms with Crippen molar-refractivity contribution in [3.8, 4) is 0 Å². The number of rotatable bonds is 4. The zero-order valence-electron chi connectivity index (χ0n) is 14.4. The maximum Gasteiger partial charge on any atom is 0.337 e. The van der Waals surface area contributed by atoms with Gasteiger partial charge in [-0.3, -0.25) is 4.72 Å². The van der Waals surface area contributed by atoms with Crippen LogP contribution in [0.2, 0.25) is 0 Å². The van der Waals surface area contributed by atoms with Gasteiger partial charge in [-0.05, 0) is 47.8 Å². The first-order valence-corrected chi connectivity index (χ1v) is 9.74. The molecule has 0 bridgehead atoms. The van der Waals surface area contributed by atoms with Gasteiger partial charge in [-0.2, -0.15) is 0 Å². The van der Waals surface area contributed by atoms with Crippen LogP contribution in [0.3, 0.4) is 0 Å². The van der Waals surface area contributed by atoms with Crippen molar-refractivity contribution in [1.29, 1.82) is 0 Å². The van der Waals surface area contributed by atoms with E-state index in [4.69, 9.17) is 0 Å². The SMILES string of the molecule is CC1(C)CCc2sc(C3=C(CNS)CC(F)(F)CC3)c(C(=O)O)c2C1. The smallest absolute Gasteiger partial charge is 0.337 e. The maximum absolute atomic E-state index is 13.9. The number of alkyl halides is 2. The molecule has 25 heavy (non-hydrogen) atoms. The number of hydrogen-bond donors (Lipinski definition) is 3. The Morgan fingerprint density at radius 1 is 1.28 bits per heavy atom. The van der Waals surface area contributed by atoms with Gasteiger partial charge in [0, 0.05) is 29.1 Å². The van der Waals surface area contributed by atoms with Crippen LogP contribution in [0.5, 0.6) is 0 Å². The van der Waals surface area contributed by atoms with E-state index in [-0.39, 0.29) is 31.2 Å². The first kappa shape index (κ1) is 18.9. The summed E-state index contributed by atoms with van der Waals surface area (Å²) in [6, 6.07) is 0. The van der Waals surface area contributed by atoms with Crippen LogP contribution in [0.15, 0.2) is 5.57 Å². The second-order valence-corrected chi connectivity index (χ2v) is 9.23. The van der Waals surface area contributed by atoms with Crippen molar-refractivity contribution in [3.63, 3.8) is 0 Å². The van der Waals surface area contributed by atoms with Gasteiger partial charge in [-0.15, -0.1) is 11.3 Å². The maximum atomic E-state index is 13.9. The first-order chi connectivity index (χ1) is 11.6. The molecule has 138 valence electrons. The van der Waals surface area contributed by atoms with Crippen molar-refractivity contribution in [2.24, 2.45) is 5.41 Å². The van der Waals surface area contributed by atoms with E-state index in [9.17, 15) is 18.7 Å². The van der Waals surface area contributed by atoms with Gasteiger partial charge < -0.3 is 5.11 Å². The molecular formula is C18H23F2NO2S2. The minimum atomic E-state index is -2.73. The number of fused-ring (bicyclic) bond motifs is 1. The summed E-state index contributed by atoms with van der Waals surface area (Å²) in [5.41, 5.74) is 2.67. The summed E-state index contributed by atoms with van der Waals surface area (Å²) in [6.45, 7) is 4.53. The third-order valence-electron chi connectivity index (χ3n) is 5.19. The van der Waals surface area contributed by atoms with Crippen LogP contribution in [0, 0.1) is 5.41 Å². The molecule has 0 atom stereocenters. The van der Waals surface area contributed by atoms with Crippen LogP contribution >= 0.6 is 24.2 Å². The fourth-order valence-corrected chi connectivity index (χ4v) is 5.51. The largest absolute Gasteiger partial charge is 0.478 e. The van der Waals surface area contributed by atoms with Gasteiger partial charge in [0.2, 0.25) is 0 Å². The zero-order chi connectivity index (χ0) is 18.4. The van der Waals surface area contributed by atoms with Gasteiger partial charge in [0.1, 0.15) is 0 Å². The number of allylic oxidation sites excluding steroid dienone is 1. The molecular weight excluding hydrogens is 364 g/mol. The lowest BCUT2D eigenvalue weighted by molar-refractivity contribution is -0.00947. The summed E-state index contributed by atoms with van der Waals surface area (Å²) >= 11 is 5.45. The Bertz CT molecular complexity index is 738. The van der Waals surface area contributed by atoms with Crippen LogP contribution in [-0.4, -0.2) is 23.5 Å². The predicted octanol–water partition coefficient (Wildman–Crippen LogP) is 4.97. The molecule has 1 aromatic heterocycles. The standard InChI is InChI=1S/C18H23F2NO2S2/c1-17(2)5-4-13-12(8-17)14(16(22)23)15(25-13)11-3-6-18(19,20)7-10(11)9-21-24/h21,24H,3-9H2,1-2H3,(H,22,23). The summed E-state index contributed by atoms with van der Waals surface area (Å²) in [7, 11) is 0. The third kappa shape index (κ3) is 3.78. The van der Waals surface area contributed by atoms with Crippen molar-refractivity contribution < 1.29 is 18.7 Å². The Labute approximate surface area is 156 Å². The van der Waals surface area contributed by atoms with E-state index in [1.807, 2.05) is 0 Å². The van der Waals surface area contributed by atoms with E-state index in [1.54, 1.807) is 0 Å². The number of hydrogen-bond acceptors (Lipinski definition) is 4. The Hall–Kier alpha value is -0.920. The van der Waals surface area contributed by atoms with E-state index in [0.29, 0.717) is 16.0 Å². The minimum Gasteiger partial charge on any atom is -0.478 e. The van der Waals surface area contributed by atoms with Crippen molar-refractivity contribution in [1.82, 2.24) is 4.72 Å². The van der Waals surface area contributed by atoms with Crippen LogP contribution in [0.4, 0.5) is 8.78 Å². The lowest BCUT2D eigenvalue weighted by Gasteiger charge is -2.29. The van der Waals surface area contributed by atoms with Crippen molar-refractivity contribution in [2.75, 3.05) is 6.54 Å². The molecule has 0 saturated carbocycles. The van der Waals surface area contributed by atoms with Crippen molar-refractivity contribution in [3.05, 3.63) is 26.5 Å². The Balaban J connectivity index is 2.13. The van der Waals surface area contributed by atoms with Gasteiger partial charge >= 0.3 is 5.97 Å². The van der Waals surface area contributed by atoms with E-state index in [2.05, 4.69) is 31.4 Å². The molecule has 1 aromatic rings. The fourth-order valence-electron chi connectivity index (χ4n) is 3.89. The van der Waals surface area contributed by atoms with Gasteiger partial charge in [0.25, 0.3) is 5.92 Å². The van der Waals surface area contributed by atoms with E-state index in [1.165, 1.54) is 11.3 Å². The fraction of sp³-hybridized carbons (Fsp3) is 0.611. The summed E-state index contributed by atoms with van der Waals surface area (Å²) in [4.78, 5) is 13.8. The molecule has 0 unspecified atom stereocenters. The highest BCUT2D eigenvalue weighted by Crippen LogP contribution is 2.48. The number of thiophene rings is 1. The van der Waals surface area contributed by atoms with E-state index < -0.39 is 11.9 Å². The summed E-state index contributed by atoms with van der Waals surface area (Å²) in [5, 5.41) is 9.84. The molecule has 3 rings (SSSR count). The Kier molecular flexibility index (Phi) is 5.03. The summed E-state index contributed by atoms with van der Waals surface area (Å²) < 4.78 is 30.4. The number of nitrogens with one attached hydrogen (secondary N) is 1. The molecule has 0 aromatic carbocycles. The molecule has 0 aliphatic heterocycles. The van der Waals surface area contributed by atoms with Gasteiger partial charge in [0.15, 0.2) is 0 Å². The second-order valence-electron chi connectivity index (χ2n) is 7.80. The second kappa shape index (κ2) is 6.67. The molecule has 2 aliphatic rings. The molecule has 0 spiro atoms. The molecule has 7 heteroatoms. The highest BCUT2D eigenvalue weighted by molar-refractivity contribution is 7.78. The molecule has 0 saturated heterocycles. The average molecular weight is 388 g/mol. The van der Waals surface area contributed by atoms with Crippen LogP contribution in [0.1, 0.15) is 65.2 Å². The quantitative estimate of drug-likeness (QED) is 0.640. The van der Waals surface area contributed by atoms with Crippen LogP contribution < -0.4 is 4.72 Å². The number of carboxylic acids is 1. The van der Waals surface area contributed by atoms with E-state index in [0.717, 1.165) is 35.3 Å². The average Bonchev–Trinajstić information content (AvgIpc) is 2.84. The number of aromatic carboxylic acids is 1. The molecule has 3 nitrogen and oxygen atoms in total. The summed E-state index contributed by atoms with van der Waals surface area (Å²) in [6.07, 6.45) is 2.25. The molecule has 0 radical (unpaired) electrons. The molecule has 0 amide bonds. The third-order valence-corrected chi connectivity index (χ3v) is 6.70. The van der Waals surface area contributed by atoms with Crippen LogP contribution in [0.25, 0.3) is 5.57 Å². The van der Waals surface area contributed by atoms with Gasteiger partial charge in [0.05, 0.1) is 5.56 Å². The normalized spacial score (nSPS) is 22.0. The molecule has 0 fully saturated rings. The first-order valence-electron chi connectivity index (χ1n) is 8.47. The number of carbonyl (C=O) groups is 1. The predicted molar refractivity (Wildman–Crippen MR) is 99.8 cm³/mol. The number of thiol groups is 1. The van der Waals surface area contributed by atoms with Crippen molar-refractivity contribution >= 4 is 35.7 Å². The number of halogens is 2. The highest BCUT2D eigenvalue weighted by atomic mass is 32.1. The van der Waals surface area contributed by atoms with Crippen LogP contribution in [-0.2, 0) is 12.8 Å². The van der Waals surface area contributed by atoms with Crippen molar-refractivity contribution in [2.45, 2.75) is 58.3 Å². The monoisotopic (exact) mass is 387 g/mol. The lowest BCUT2D eigenvalue weighted by atomic mass is 9.75. The number of aryl methyl sites for hydroxylation is 1. The molecule has 1 heterocycles. The lowest BCUT2D eigenvalue weighted by Crippen LogP contribution is -2.25. The Morgan fingerprint density at radius 2 is 2.00 bits per heavy atom. The van der Waals surface area contributed by atoms with E-state index >= 15 is 0 Å². The minimum absolute atomic E-state index is 0.0685. The topological polar surface area (TPSA) is 49.3 Å². The molecule has 2 aliphatic carbocycles. The zero-order valence-corrected chi connectivity index (χ0v) is 16.1. The van der Waals surface area contributed by atoms with Gasteiger partial charge in [-0.1, -0.05) is 26.7 Å². The van der Waals surface area contributed by atoms with Gasteiger partial charge in [-0.25, -0.2) is 13.6 Å².